The third-order valence-corrected chi connectivity index (χ3v) is 5.41. The summed E-state index contributed by atoms with van der Waals surface area (Å²) in [7, 11) is 0. The number of thiazole rings is 1. The monoisotopic (exact) mass is 437 g/mol. The molecule has 0 aliphatic heterocycles. The standard InChI is InChI=1S/C22H13F2N3O3S/c23-16-8-4-13(5-9-16)19-20(14-6-10-18(11-7-14)27(29)30)31-22(25-19)26-21(28)15-2-1-3-17(24)12-15/h1-12H,(H,25,26,28). The number of hydrogen-bond acceptors (Lipinski definition) is 5. The Kier molecular flexibility index (Phi) is 5.50. The van der Waals surface area contributed by atoms with Gasteiger partial charge < -0.3 is 0 Å². The fourth-order valence-electron chi connectivity index (χ4n) is 2.91. The number of nitro groups is 1. The first-order valence-corrected chi connectivity index (χ1v) is 9.81. The highest BCUT2D eigenvalue weighted by atomic mass is 32.1. The van der Waals surface area contributed by atoms with Crippen LogP contribution in [0.25, 0.3) is 21.7 Å². The van der Waals surface area contributed by atoms with E-state index < -0.39 is 22.5 Å². The number of amides is 1. The summed E-state index contributed by atoms with van der Waals surface area (Å²) in [4.78, 5) is 28.0. The van der Waals surface area contributed by atoms with Gasteiger partial charge in [0.15, 0.2) is 5.13 Å². The van der Waals surface area contributed by atoms with Gasteiger partial charge in [-0.3, -0.25) is 20.2 Å². The minimum atomic E-state index is -0.537. The van der Waals surface area contributed by atoms with E-state index in [1.807, 2.05) is 0 Å². The molecule has 0 unspecified atom stereocenters. The average Bonchev–Trinajstić information content (AvgIpc) is 3.18. The van der Waals surface area contributed by atoms with Gasteiger partial charge in [-0.25, -0.2) is 13.8 Å². The molecule has 4 rings (SSSR count). The van der Waals surface area contributed by atoms with Crippen LogP contribution < -0.4 is 5.32 Å². The summed E-state index contributed by atoms with van der Waals surface area (Å²) in [5, 5.41) is 13.8. The van der Waals surface area contributed by atoms with Gasteiger partial charge in [0.05, 0.1) is 15.5 Å². The van der Waals surface area contributed by atoms with Crippen LogP contribution in [0.5, 0.6) is 0 Å². The van der Waals surface area contributed by atoms with Crippen LogP contribution in [-0.4, -0.2) is 15.8 Å². The third-order valence-electron chi connectivity index (χ3n) is 4.39. The predicted molar refractivity (Wildman–Crippen MR) is 114 cm³/mol. The first kappa shape index (κ1) is 20.3. The Morgan fingerprint density at radius 3 is 2.26 bits per heavy atom. The SMILES string of the molecule is O=C(Nc1nc(-c2ccc(F)cc2)c(-c2ccc([N+](=O)[O-])cc2)s1)c1cccc(F)c1. The number of carbonyl (C=O) groups excluding carboxylic acids is 1. The fraction of sp³-hybridized carbons (Fsp3) is 0. The Morgan fingerprint density at radius 1 is 0.935 bits per heavy atom. The number of rotatable bonds is 5. The van der Waals surface area contributed by atoms with E-state index in [0.717, 1.165) is 17.4 Å². The molecule has 1 heterocycles. The molecule has 6 nitrogen and oxygen atoms in total. The van der Waals surface area contributed by atoms with Gasteiger partial charge >= 0.3 is 0 Å². The summed E-state index contributed by atoms with van der Waals surface area (Å²) in [6.45, 7) is 0. The second kappa shape index (κ2) is 8.41. The molecule has 0 radical (unpaired) electrons. The van der Waals surface area contributed by atoms with E-state index in [1.54, 1.807) is 24.3 Å². The molecule has 1 aromatic heterocycles. The number of benzene rings is 3. The van der Waals surface area contributed by atoms with Crippen molar-refractivity contribution in [1.82, 2.24) is 4.98 Å². The number of halogens is 2. The molecule has 3 aromatic carbocycles. The highest BCUT2D eigenvalue weighted by Gasteiger charge is 2.18. The molecule has 0 spiro atoms. The lowest BCUT2D eigenvalue weighted by Gasteiger charge is -2.03. The van der Waals surface area contributed by atoms with Gasteiger partial charge in [-0.15, -0.1) is 0 Å². The average molecular weight is 437 g/mol. The molecular formula is C22H13F2N3O3S. The molecule has 0 fully saturated rings. The Morgan fingerprint density at radius 2 is 1.61 bits per heavy atom. The lowest BCUT2D eigenvalue weighted by molar-refractivity contribution is -0.384. The molecule has 0 bridgehead atoms. The zero-order valence-corrected chi connectivity index (χ0v) is 16.5. The van der Waals surface area contributed by atoms with Crippen molar-refractivity contribution in [2.45, 2.75) is 0 Å². The Labute approximate surface area is 179 Å². The van der Waals surface area contributed by atoms with Crippen LogP contribution in [0.4, 0.5) is 19.6 Å². The number of carbonyl (C=O) groups is 1. The molecule has 0 aliphatic rings. The van der Waals surface area contributed by atoms with Crippen molar-refractivity contribution in [3.8, 4) is 21.7 Å². The molecular weight excluding hydrogens is 424 g/mol. The fourth-order valence-corrected chi connectivity index (χ4v) is 3.89. The zero-order chi connectivity index (χ0) is 22.0. The number of hydrogen-bond donors (Lipinski definition) is 1. The van der Waals surface area contributed by atoms with Crippen molar-refractivity contribution in [2.24, 2.45) is 0 Å². The summed E-state index contributed by atoms with van der Waals surface area (Å²) < 4.78 is 26.8. The smallest absolute Gasteiger partial charge is 0.269 e. The van der Waals surface area contributed by atoms with E-state index in [-0.39, 0.29) is 16.4 Å². The van der Waals surface area contributed by atoms with Crippen LogP contribution in [0.1, 0.15) is 10.4 Å². The molecule has 4 aromatic rings. The number of anilines is 1. The van der Waals surface area contributed by atoms with E-state index in [4.69, 9.17) is 0 Å². The maximum atomic E-state index is 13.4. The molecule has 154 valence electrons. The van der Waals surface area contributed by atoms with Crippen molar-refractivity contribution in [3.63, 3.8) is 0 Å². The van der Waals surface area contributed by atoms with E-state index in [0.29, 0.717) is 21.7 Å². The zero-order valence-electron chi connectivity index (χ0n) is 15.7. The Hall–Kier alpha value is -3.98. The second-order valence-corrected chi connectivity index (χ2v) is 7.47. The Balaban J connectivity index is 1.74. The largest absolute Gasteiger partial charge is 0.298 e. The lowest BCUT2D eigenvalue weighted by atomic mass is 10.1. The van der Waals surface area contributed by atoms with Crippen molar-refractivity contribution < 1.29 is 18.5 Å². The summed E-state index contributed by atoms with van der Waals surface area (Å²) in [6.07, 6.45) is 0. The molecule has 1 amide bonds. The van der Waals surface area contributed by atoms with Crippen molar-refractivity contribution in [1.29, 1.82) is 0 Å². The molecule has 0 atom stereocenters. The van der Waals surface area contributed by atoms with Gasteiger partial charge in [0, 0.05) is 23.3 Å². The highest BCUT2D eigenvalue weighted by Crippen LogP contribution is 2.39. The Bertz CT molecular complexity index is 1270. The highest BCUT2D eigenvalue weighted by molar-refractivity contribution is 7.19. The minimum absolute atomic E-state index is 0.0590. The van der Waals surface area contributed by atoms with Crippen LogP contribution in [0.3, 0.4) is 0 Å². The quantitative estimate of drug-likeness (QED) is 0.310. The third kappa shape index (κ3) is 4.46. The first-order chi connectivity index (χ1) is 14.9. The number of nitrogens with one attached hydrogen (secondary N) is 1. The minimum Gasteiger partial charge on any atom is -0.298 e. The number of nitro benzene ring substituents is 1. The van der Waals surface area contributed by atoms with E-state index >= 15 is 0 Å². The van der Waals surface area contributed by atoms with Gasteiger partial charge in [0.25, 0.3) is 11.6 Å². The molecule has 0 aliphatic carbocycles. The number of aromatic nitrogens is 1. The van der Waals surface area contributed by atoms with Gasteiger partial charge in [0.1, 0.15) is 11.6 Å². The summed E-state index contributed by atoms with van der Waals surface area (Å²) in [5.41, 5.74) is 1.81. The van der Waals surface area contributed by atoms with Crippen LogP contribution in [0.15, 0.2) is 72.8 Å². The van der Waals surface area contributed by atoms with Crippen LogP contribution in [0, 0.1) is 21.7 Å². The molecule has 0 saturated carbocycles. The van der Waals surface area contributed by atoms with Crippen LogP contribution in [0.2, 0.25) is 0 Å². The molecule has 9 heteroatoms. The summed E-state index contributed by atoms with van der Waals surface area (Å²) in [5.74, 6) is -1.48. The predicted octanol–water partition coefficient (Wildman–Crippen LogP) is 5.92. The maximum absolute atomic E-state index is 13.4. The normalized spacial score (nSPS) is 10.6. The second-order valence-electron chi connectivity index (χ2n) is 6.47. The van der Waals surface area contributed by atoms with E-state index in [9.17, 15) is 23.7 Å². The first-order valence-electron chi connectivity index (χ1n) is 8.99. The summed E-state index contributed by atoms with van der Waals surface area (Å²) >= 11 is 1.15. The summed E-state index contributed by atoms with van der Waals surface area (Å²) in [6, 6.07) is 16.8. The van der Waals surface area contributed by atoms with E-state index in [2.05, 4.69) is 10.3 Å². The van der Waals surface area contributed by atoms with Crippen molar-refractivity contribution >= 4 is 28.1 Å². The number of non-ortho nitro benzene ring substituents is 1. The van der Waals surface area contributed by atoms with Gasteiger partial charge in [-0.1, -0.05) is 17.4 Å². The van der Waals surface area contributed by atoms with Crippen molar-refractivity contribution in [3.05, 3.63) is 100 Å². The van der Waals surface area contributed by atoms with Gasteiger partial charge in [0.2, 0.25) is 0 Å². The molecule has 0 saturated heterocycles. The van der Waals surface area contributed by atoms with Crippen LogP contribution >= 0.6 is 11.3 Å². The topological polar surface area (TPSA) is 85.1 Å². The molecule has 1 N–H and O–H groups in total. The van der Waals surface area contributed by atoms with E-state index in [1.165, 1.54) is 42.5 Å². The van der Waals surface area contributed by atoms with Crippen LogP contribution in [-0.2, 0) is 0 Å². The molecule has 31 heavy (non-hydrogen) atoms. The maximum Gasteiger partial charge on any atom is 0.269 e. The van der Waals surface area contributed by atoms with Gasteiger partial charge in [-0.05, 0) is 60.2 Å². The van der Waals surface area contributed by atoms with Crippen molar-refractivity contribution in [2.75, 3.05) is 5.32 Å². The van der Waals surface area contributed by atoms with Gasteiger partial charge in [-0.2, -0.15) is 0 Å². The number of nitrogens with zero attached hydrogens (tertiary/aromatic N) is 2. The lowest BCUT2D eigenvalue weighted by Crippen LogP contribution is -2.11.